The van der Waals surface area contributed by atoms with Crippen molar-refractivity contribution in [3.05, 3.63) is 18.2 Å². The van der Waals surface area contributed by atoms with Gasteiger partial charge in [-0.1, -0.05) is 0 Å². The summed E-state index contributed by atoms with van der Waals surface area (Å²) in [6, 6.07) is 5.22. The Morgan fingerprint density at radius 1 is 1.40 bits per heavy atom. The minimum absolute atomic E-state index is 0.166. The number of anilines is 2. The molecule has 0 bridgehead atoms. The van der Waals surface area contributed by atoms with Crippen LogP contribution in [0.5, 0.6) is 5.75 Å². The van der Waals surface area contributed by atoms with E-state index in [1.807, 2.05) is 0 Å². The SMILES string of the molecule is CON(C)C(=O)C[C@H]1CNc2cc(NC(=O)OC(C)(C)C)ccc2O1. The first kappa shape index (κ1) is 18.9. The molecular formula is C17H25N3O5. The van der Waals surface area contributed by atoms with Crippen molar-refractivity contribution in [1.29, 1.82) is 0 Å². The number of hydrogen-bond donors (Lipinski definition) is 2. The van der Waals surface area contributed by atoms with Crippen LogP contribution in [0.15, 0.2) is 18.2 Å². The van der Waals surface area contributed by atoms with Crippen LogP contribution < -0.4 is 15.4 Å². The summed E-state index contributed by atoms with van der Waals surface area (Å²) < 4.78 is 11.1. The van der Waals surface area contributed by atoms with Gasteiger partial charge in [-0.2, -0.15) is 0 Å². The fourth-order valence-corrected chi connectivity index (χ4v) is 2.25. The third kappa shape index (κ3) is 5.53. The highest BCUT2D eigenvalue weighted by atomic mass is 16.7. The van der Waals surface area contributed by atoms with Crippen LogP contribution in [-0.4, -0.2) is 49.5 Å². The lowest BCUT2D eigenvalue weighted by molar-refractivity contribution is -0.170. The highest BCUT2D eigenvalue weighted by Crippen LogP contribution is 2.32. The van der Waals surface area contributed by atoms with E-state index in [9.17, 15) is 9.59 Å². The summed E-state index contributed by atoms with van der Waals surface area (Å²) in [5.41, 5.74) is 0.782. The molecule has 0 saturated heterocycles. The molecule has 0 saturated carbocycles. The molecule has 1 aromatic carbocycles. The Morgan fingerprint density at radius 2 is 2.12 bits per heavy atom. The first-order chi connectivity index (χ1) is 11.7. The molecule has 1 aliphatic heterocycles. The maximum atomic E-state index is 11.9. The number of nitrogens with zero attached hydrogens (tertiary/aromatic N) is 1. The van der Waals surface area contributed by atoms with Gasteiger partial charge in [-0.05, 0) is 39.0 Å². The third-order valence-electron chi connectivity index (χ3n) is 3.47. The number of carbonyl (C=O) groups is 2. The van der Waals surface area contributed by atoms with E-state index in [4.69, 9.17) is 14.3 Å². The van der Waals surface area contributed by atoms with Gasteiger partial charge in [0.25, 0.3) is 0 Å². The monoisotopic (exact) mass is 351 g/mol. The molecular weight excluding hydrogens is 326 g/mol. The number of ether oxygens (including phenoxy) is 2. The predicted molar refractivity (Wildman–Crippen MR) is 93.6 cm³/mol. The van der Waals surface area contributed by atoms with E-state index in [-0.39, 0.29) is 18.4 Å². The molecule has 0 aromatic heterocycles. The molecule has 0 aliphatic carbocycles. The van der Waals surface area contributed by atoms with Crippen LogP contribution in [0.3, 0.4) is 0 Å². The van der Waals surface area contributed by atoms with Crippen LogP contribution in [0.25, 0.3) is 0 Å². The Balaban J connectivity index is 1.97. The van der Waals surface area contributed by atoms with E-state index in [1.54, 1.807) is 46.0 Å². The zero-order valence-electron chi connectivity index (χ0n) is 15.2. The van der Waals surface area contributed by atoms with Crippen molar-refractivity contribution in [3.8, 4) is 5.75 Å². The van der Waals surface area contributed by atoms with Crippen molar-refractivity contribution in [2.75, 3.05) is 31.3 Å². The lowest BCUT2D eigenvalue weighted by Gasteiger charge is -2.28. The second-order valence-corrected chi connectivity index (χ2v) is 6.74. The van der Waals surface area contributed by atoms with Gasteiger partial charge in [0.1, 0.15) is 17.5 Å². The largest absolute Gasteiger partial charge is 0.486 e. The lowest BCUT2D eigenvalue weighted by atomic mass is 10.1. The maximum absolute atomic E-state index is 11.9. The molecule has 0 radical (unpaired) electrons. The fraction of sp³-hybridized carbons (Fsp3) is 0.529. The van der Waals surface area contributed by atoms with Crippen LogP contribution in [0.2, 0.25) is 0 Å². The Hall–Kier alpha value is -2.48. The predicted octanol–water partition coefficient (Wildman–Crippen LogP) is 2.62. The summed E-state index contributed by atoms with van der Waals surface area (Å²) in [5, 5.41) is 7.06. The standard InChI is InChI=1S/C17H25N3O5/c1-17(2,3)25-16(22)19-11-6-7-14-13(8-11)18-10-12(24-14)9-15(21)20(4)23-5/h6-8,12,18H,9-10H2,1-5H3,(H,19,22)/t12-/m0/s1. The maximum Gasteiger partial charge on any atom is 0.412 e. The summed E-state index contributed by atoms with van der Waals surface area (Å²) in [4.78, 5) is 28.6. The third-order valence-corrected chi connectivity index (χ3v) is 3.47. The number of hydroxylamine groups is 2. The first-order valence-corrected chi connectivity index (χ1v) is 8.03. The Morgan fingerprint density at radius 3 is 2.76 bits per heavy atom. The summed E-state index contributed by atoms with van der Waals surface area (Å²) >= 11 is 0. The number of amides is 2. The van der Waals surface area contributed by atoms with E-state index in [1.165, 1.54) is 12.2 Å². The van der Waals surface area contributed by atoms with Crippen molar-refractivity contribution >= 4 is 23.4 Å². The van der Waals surface area contributed by atoms with Gasteiger partial charge in [-0.15, -0.1) is 0 Å². The van der Waals surface area contributed by atoms with Gasteiger partial charge < -0.3 is 14.8 Å². The molecule has 0 unspecified atom stereocenters. The van der Waals surface area contributed by atoms with Gasteiger partial charge in [0.2, 0.25) is 5.91 Å². The second-order valence-electron chi connectivity index (χ2n) is 6.74. The van der Waals surface area contributed by atoms with Gasteiger partial charge in [0.15, 0.2) is 0 Å². The Bertz CT molecular complexity index is 642. The number of benzene rings is 1. The first-order valence-electron chi connectivity index (χ1n) is 8.03. The highest BCUT2D eigenvalue weighted by molar-refractivity contribution is 5.86. The molecule has 1 aromatic rings. The molecule has 2 N–H and O–H groups in total. The van der Waals surface area contributed by atoms with E-state index >= 15 is 0 Å². The van der Waals surface area contributed by atoms with Gasteiger partial charge >= 0.3 is 6.09 Å². The van der Waals surface area contributed by atoms with Crippen molar-refractivity contribution < 1.29 is 23.9 Å². The molecule has 2 amide bonds. The van der Waals surface area contributed by atoms with Gasteiger partial charge in [0, 0.05) is 12.7 Å². The zero-order valence-corrected chi connectivity index (χ0v) is 15.2. The van der Waals surface area contributed by atoms with Crippen LogP contribution in [-0.2, 0) is 14.4 Å². The van der Waals surface area contributed by atoms with Gasteiger partial charge in [0.05, 0.1) is 25.8 Å². The molecule has 8 heteroatoms. The average Bonchev–Trinajstić information content (AvgIpc) is 2.52. The number of fused-ring (bicyclic) bond motifs is 1. The molecule has 1 heterocycles. The van der Waals surface area contributed by atoms with Gasteiger partial charge in [-0.25, -0.2) is 9.86 Å². The molecule has 0 fully saturated rings. The van der Waals surface area contributed by atoms with E-state index in [0.29, 0.717) is 18.0 Å². The molecule has 8 nitrogen and oxygen atoms in total. The number of nitrogens with one attached hydrogen (secondary N) is 2. The minimum Gasteiger partial charge on any atom is -0.486 e. The average molecular weight is 351 g/mol. The van der Waals surface area contributed by atoms with Crippen LogP contribution in [0.4, 0.5) is 16.2 Å². The van der Waals surface area contributed by atoms with Crippen molar-refractivity contribution in [2.24, 2.45) is 0 Å². The molecule has 25 heavy (non-hydrogen) atoms. The van der Waals surface area contributed by atoms with Crippen LogP contribution in [0, 0.1) is 0 Å². The topological polar surface area (TPSA) is 89.1 Å². The molecule has 1 atom stereocenters. The van der Waals surface area contributed by atoms with E-state index < -0.39 is 11.7 Å². The Kier molecular flexibility index (Phi) is 5.73. The number of hydrogen-bond acceptors (Lipinski definition) is 6. The smallest absolute Gasteiger partial charge is 0.412 e. The van der Waals surface area contributed by atoms with E-state index in [2.05, 4.69) is 10.6 Å². The van der Waals surface area contributed by atoms with Crippen LogP contribution >= 0.6 is 0 Å². The van der Waals surface area contributed by atoms with E-state index in [0.717, 1.165) is 5.69 Å². The second kappa shape index (κ2) is 7.60. The summed E-state index contributed by atoms with van der Waals surface area (Å²) in [6.45, 7) is 5.89. The van der Waals surface area contributed by atoms with Crippen LogP contribution in [0.1, 0.15) is 27.2 Å². The summed E-state index contributed by atoms with van der Waals surface area (Å²) in [5.74, 6) is 0.458. The highest BCUT2D eigenvalue weighted by Gasteiger charge is 2.24. The zero-order chi connectivity index (χ0) is 18.6. The van der Waals surface area contributed by atoms with Crippen molar-refractivity contribution in [1.82, 2.24) is 5.06 Å². The van der Waals surface area contributed by atoms with Gasteiger partial charge in [-0.3, -0.25) is 14.9 Å². The molecule has 138 valence electrons. The van der Waals surface area contributed by atoms with Crippen molar-refractivity contribution in [3.63, 3.8) is 0 Å². The summed E-state index contributed by atoms with van der Waals surface area (Å²) in [7, 11) is 2.99. The lowest BCUT2D eigenvalue weighted by Crippen LogP contribution is -2.37. The molecule has 2 rings (SSSR count). The normalized spacial score (nSPS) is 16.1. The fourth-order valence-electron chi connectivity index (χ4n) is 2.25. The molecule has 1 aliphatic rings. The Labute approximate surface area is 147 Å². The van der Waals surface area contributed by atoms with Crippen molar-refractivity contribution in [2.45, 2.75) is 38.9 Å². The quantitative estimate of drug-likeness (QED) is 0.811. The minimum atomic E-state index is -0.561. The number of rotatable bonds is 4. The number of carbonyl (C=O) groups excluding carboxylic acids is 2. The molecule has 0 spiro atoms. The summed E-state index contributed by atoms with van der Waals surface area (Å²) in [6.07, 6.45) is -0.605.